The highest BCUT2D eigenvalue weighted by Gasteiger charge is 2.25. The number of carbonyl (C=O) groups excluding carboxylic acids is 1. The van der Waals surface area contributed by atoms with Crippen molar-refractivity contribution in [2.45, 2.75) is 49.6 Å². The number of benzene rings is 2. The zero-order valence-electron chi connectivity index (χ0n) is 18.4. The molecule has 32 heavy (non-hydrogen) atoms. The fourth-order valence-corrected chi connectivity index (χ4v) is 4.69. The van der Waals surface area contributed by atoms with E-state index in [4.69, 9.17) is 0 Å². The van der Waals surface area contributed by atoms with Crippen molar-refractivity contribution in [1.29, 1.82) is 0 Å². The van der Waals surface area contributed by atoms with E-state index in [1.54, 1.807) is 12.1 Å². The minimum atomic E-state index is -0.376. The van der Waals surface area contributed by atoms with Gasteiger partial charge in [-0.2, -0.15) is 0 Å². The average molecular weight is 454 g/mol. The van der Waals surface area contributed by atoms with Gasteiger partial charge in [0, 0.05) is 13.1 Å². The van der Waals surface area contributed by atoms with Crippen LogP contribution in [0.3, 0.4) is 0 Å². The fraction of sp³-hybridized carbons (Fsp3) is 0.375. The summed E-state index contributed by atoms with van der Waals surface area (Å²) in [5.74, 6) is 0.431. The SMILES string of the molecule is CC(Sc1nnc(N2CCCCC2)n1-c1ccccc1)C(=O)NC(C)c1ccc(F)cc1. The summed E-state index contributed by atoms with van der Waals surface area (Å²) in [5, 5.41) is 12.3. The lowest BCUT2D eigenvalue weighted by Gasteiger charge is -2.28. The van der Waals surface area contributed by atoms with Gasteiger partial charge in [-0.05, 0) is 62.9 Å². The molecule has 1 N–H and O–H groups in total. The van der Waals surface area contributed by atoms with Crippen LogP contribution in [0.1, 0.15) is 44.7 Å². The normalized spacial score (nSPS) is 15.9. The number of hydrogen-bond donors (Lipinski definition) is 1. The number of nitrogens with one attached hydrogen (secondary N) is 1. The molecule has 2 heterocycles. The van der Waals surface area contributed by atoms with E-state index >= 15 is 0 Å². The van der Waals surface area contributed by atoms with Crippen molar-refractivity contribution < 1.29 is 9.18 Å². The van der Waals surface area contributed by atoms with E-state index in [-0.39, 0.29) is 23.0 Å². The second-order valence-corrected chi connectivity index (χ2v) is 9.35. The van der Waals surface area contributed by atoms with Gasteiger partial charge < -0.3 is 10.2 Å². The van der Waals surface area contributed by atoms with Crippen molar-refractivity contribution in [2.24, 2.45) is 0 Å². The molecule has 8 heteroatoms. The number of thioether (sulfide) groups is 1. The van der Waals surface area contributed by atoms with Gasteiger partial charge in [0.05, 0.1) is 17.0 Å². The van der Waals surface area contributed by atoms with Gasteiger partial charge in [-0.3, -0.25) is 9.36 Å². The van der Waals surface area contributed by atoms with E-state index in [2.05, 4.69) is 20.4 Å². The largest absolute Gasteiger partial charge is 0.349 e. The summed E-state index contributed by atoms with van der Waals surface area (Å²) >= 11 is 1.39. The average Bonchev–Trinajstić information content (AvgIpc) is 3.24. The zero-order valence-corrected chi connectivity index (χ0v) is 19.2. The molecule has 1 aromatic heterocycles. The summed E-state index contributed by atoms with van der Waals surface area (Å²) in [6.07, 6.45) is 3.52. The van der Waals surface area contributed by atoms with Crippen LogP contribution in [0.2, 0.25) is 0 Å². The molecule has 0 spiro atoms. The molecule has 1 aliphatic rings. The van der Waals surface area contributed by atoms with E-state index in [1.165, 1.54) is 30.3 Å². The van der Waals surface area contributed by atoms with E-state index in [0.29, 0.717) is 5.16 Å². The number of halogens is 1. The van der Waals surface area contributed by atoms with Crippen LogP contribution < -0.4 is 10.2 Å². The topological polar surface area (TPSA) is 63.1 Å². The lowest BCUT2D eigenvalue weighted by Crippen LogP contribution is -2.33. The molecule has 3 aromatic rings. The molecule has 6 nitrogen and oxygen atoms in total. The maximum Gasteiger partial charge on any atom is 0.233 e. The third kappa shape index (κ3) is 5.12. The van der Waals surface area contributed by atoms with Crippen LogP contribution in [0.25, 0.3) is 5.69 Å². The highest BCUT2D eigenvalue weighted by Crippen LogP contribution is 2.30. The molecule has 2 unspecified atom stereocenters. The van der Waals surface area contributed by atoms with Gasteiger partial charge in [0.1, 0.15) is 5.82 Å². The Kier molecular flexibility index (Phi) is 7.09. The quantitative estimate of drug-likeness (QED) is 0.523. The van der Waals surface area contributed by atoms with Crippen molar-refractivity contribution in [3.8, 4) is 5.69 Å². The molecule has 0 radical (unpaired) electrons. The summed E-state index contributed by atoms with van der Waals surface area (Å²) in [7, 11) is 0. The number of anilines is 1. The van der Waals surface area contributed by atoms with Crippen LogP contribution in [-0.4, -0.2) is 39.0 Å². The van der Waals surface area contributed by atoms with Gasteiger partial charge in [0.25, 0.3) is 0 Å². The number of rotatable bonds is 7. The number of carbonyl (C=O) groups is 1. The maximum absolute atomic E-state index is 13.2. The molecular formula is C24H28FN5OS. The number of hydrogen-bond acceptors (Lipinski definition) is 5. The van der Waals surface area contributed by atoms with Crippen molar-refractivity contribution in [1.82, 2.24) is 20.1 Å². The number of amides is 1. The molecule has 168 valence electrons. The molecule has 2 aromatic carbocycles. The van der Waals surface area contributed by atoms with Gasteiger partial charge in [-0.1, -0.05) is 42.1 Å². The minimum absolute atomic E-state index is 0.103. The van der Waals surface area contributed by atoms with Gasteiger partial charge in [0.2, 0.25) is 11.9 Å². The van der Waals surface area contributed by atoms with E-state index in [9.17, 15) is 9.18 Å². The molecule has 1 fully saturated rings. The van der Waals surface area contributed by atoms with E-state index in [1.807, 2.05) is 48.7 Å². The van der Waals surface area contributed by atoms with Gasteiger partial charge in [0.15, 0.2) is 5.16 Å². The summed E-state index contributed by atoms with van der Waals surface area (Å²) in [6.45, 7) is 5.67. The third-order valence-corrected chi connectivity index (χ3v) is 6.69. The Labute approximate surface area is 192 Å². The molecule has 0 saturated carbocycles. The van der Waals surface area contributed by atoms with Crippen LogP contribution >= 0.6 is 11.8 Å². The molecule has 2 atom stereocenters. The predicted molar refractivity (Wildman–Crippen MR) is 126 cm³/mol. The first-order chi connectivity index (χ1) is 15.5. The summed E-state index contributed by atoms with van der Waals surface area (Å²) in [4.78, 5) is 15.2. The first kappa shape index (κ1) is 22.3. The predicted octanol–water partition coefficient (Wildman–Crippen LogP) is 4.75. The third-order valence-electron chi connectivity index (χ3n) is 5.65. The Balaban J connectivity index is 1.52. The molecule has 0 aliphatic carbocycles. The summed E-state index contributed by atoms with van der Waals surface area (Å²) in [5.41, 5.74) is 1.84. The van der Waals surface area contributed by atoms with Gasteiger partial charge in [-0.15, -0.1) is 10.2 Å². The smallest absolute Gasteiger partial charge is 0.233 e. The van der Waals surface area contributed by atoms with Crippen molar-refractivity contribution in [2.75, 3.05) is 18.0 Å². The monoisotopic (exact) mass is 453 g/mol. The first-order valence-corrected chi connectivity index (χ1v) is 11.9. The Morgan fingerprint density at radius 1 is 1.00 bits per heavy atom. The maximum atomic E-state index is 13.2. The molecule has 1 aliphatic heterocycles. The molecule has 1 saturated heterocycles. The van der Waals surface area contributed by atoms with Crippen molar-refractivity contribution in [3.63, 3.8) is 0 Å². The Morgan fingerprint density at radius 3 is 2.38 bits per heavy atom. The Bertz CT molecular complexity index is 1030. The minimum Gasteiger partial charge on any atom is -0.349 e. The Morgan fingerprint density at radius 2 is 1.69 bits per heavy atom. The highest BCUT2D eigenvalue weighted by atomic mass is 32.2. The molecule has 0 bridgehead atoms. The zero-order chi connectivity index (χ0) is 22.5. The van der Waals surface area contributed by atoms with Crippen LogP contribution in [0, 0.1) is 5.82 Å². The van der Waals surface area contributed by atoms with Crippen molar-refractivity contribution in [3.05, 3.63) is 66.0 Å². The van der Waals surface area contributed by atoms with Crippen LogP contribution in [-0.2, 0) is 4.79 Å². The fourth-order valence-electron chi connectivity index (χ4n) is 3.82. The van der Waals surface area contributed by atoms with E-state index < -0.39 is 0 Å². The van der Waals surface area contributed by atoms with Crippen LogP contribution in [0.5, 0.6) is 0 Å². The summed E-state index contributed by atoms with van der Waals surface area (Å²) < 4.78 is 15.2. The highest BCUT2D eigenvalue weighted by molar-refractivity contribution is 8.00. The van der Waals surface area contributed by atoms with Crippen LogP contribution in [0.15, 0.2) is 59.8 Å². The lowest BCUT2D eigenvalue weighted by molar-refractivity contribution is -0.120. The van der Waals surface area contributed by atoms with Gasteiger partial charge >= 0.3 is 0 Å². The van der Waals surface area contributed by atoms with E-state index in [0.717, 1.165) is 43.1 Å². The second-order valence-electron chi connectivity index (χ2n) is 8.04. The number of nitrogens with zero attached hydrogens (tertiary/aromatic N) is 4. The standard InChI is InChI=1S/C24H28FN5OS/c1-17(19-11-13-20(25)14-12-19)26-22(31)18(2)32-24-28-27-23(29-15-7-4-8-16-29)30(24)21-9-5-3-6-10-21/h3,5-6,9-14,17-18H,4,7-8,15-16H2,1-2H3,(H,26,31). The lowest BCUT2D eigenvalue weighted by atomic mass is 10.1. The number of aromatic nitrogens is 3. The molecular weight excluding hydrogens is 425 g/mol. The van der Waals surface area contributed by atoms with Gasteiger partial charge in [-0.25, -0.2) is 4.39 Å². The molecule has 1 amide bonds. The second kappa shape index (κ2) is 10.2. The van der Waals surface area contributed by atoms with Crippen molar-refractivity contribution >= 4 is 23.6 Å². The first-order valence-electron chi connectivity index (χ1n) is 11.0. The van der Waals surface area contributed by atoms with Crippen LogP contribution in [0.4, 0.5) is 10.3 Å². The Hall–Kier alpha value is -2.87. The number of para-hydroxylation sites is 1. The number of piperidine rings is 1. The summed E-state index contributed by atoms with van der Waals surface area (Å²) in [6, 6.07) is 16.0. The molecule has 4 rings (SSSR count).